The monoisotopic (exact) mass is 467 g/mol. The van der Waals surface area contributed by atoms with Gasteiger partial charge in [-0.15, -0.1) is 0 Å². The minimum Gasteiger partial charge on any atom is -0.494 e. The number of nitrogens with one attached hydrogen (secondary N) is 1. The Morgan fingerprint density at radius 1 is 1.18 bits per heavy atom. The standard InChI is InChI=1S/C25H29N3O6/c1-5-33-20-9-16-8-15(2)34-21(16)10-17(20)13-26-24(29)6-7-28-14-27-19-12-23(32-4)22(31-3)11-18(19)25(28)30/h9-12,14-15H,5-8,13H2,1-4H3,(H,26,29). The Labute approximate surface area is 197 Å². The number of carbonyl (C=O) groups excluding carboxylic acids is 1. The number of aromatic nitrogens is 2. The molecule has 1 amide bonds. The molecule has 1 N–H and O–H groups in total. The van der Waals surface area contributed by atoms with Gasteiger partial charge in [0.2, 0.25) is 5.91 Å². The predicted octanol–water partition coefficient (Wildman–Crippen LogP) is 2.84. The fourth-order valence-electron chi connectivity index (χ4n) is 4.06. The van der Waals surface area contributed by atoms with Crippen molar-refractivity contribution in [3.8, 4) is 23.0 Å². The van der Waals surface area contributed by atoms with Crippen LogP contribution < -0.4 is 29.8 Å². The second-order valence-electron chi connectivity index (χ2n) is 8.13. The highest BCUT2D eigenvalue weighted by Gasteiger charge is 2.22. The minimum absolute atomic E-state index is 0.128. The van der Waals surface area contributed by atoms with Crippen molar-refractivity contribution in [3.63, 3.8) is 0 Å². The maximum absolute atomic E-state index is 12.9. The van der Waals surface area contributed by atoms with Gasteiger partial charge in [-0.1, -0.05) is 0 Å². The third kappa shape index (κ3) is 4.78. The lowest BCUT2D eigenvalue weighted by molar-refractivity contribution is -0.121. The number of methoxy groups -OCH3 is 2. The van der Waals surface area contributed by atoms with Crippen molar-refractivity contribution in [2.24, 2.45) is 0 Å². The first kappa shape index (κ1) is 23.4. The number of hydrogen-bond donors (Lipinski definition) is 1. The summed E-state index contributed by atoms with van der Waals surface area (Å²) in [6, 6.07) is 7.19. The van der Waals surface area contributed by atoms with E-state index in [1.165, 1.54) is 25.1 Å². The molecule has 0 fully saturated rings. The lowest BCUT2D eigenvalue weighted by atomic mass is 10.1. The topological polar surface area (TPSA) is 101 Å². The lowest BCUT2D eigenvalue weighted by Crippen LogP contribution is -2.27. The van der Waals surface area contributed by atoms with Crippen molar-refractivity contribution in [2.45, 2.75) is 45.9 Å². The van der Waals surface area contributed by atoms with Gasteiger partial charge in [0.15, 0.2) is 11.5 Å². The zero-order chi connectivity index (χ0) is 24.2. The van der Waals surface area contributed by atoms with Gasteiger partial charge in [0.05, 0.1) is 38.1 Å². The van der Waals surface area contributed by atoms with E-state index >= 15 is 0 Å². The van der Waals surface area contributed by atoms with Gasteiger partial charge in [-0.25, -0.2) is 4.98 Å². The molecule has 2 heterocycles. The summed E-state index contributed by atoms with van der Waals surface area (Å²) in [6.45, 7) is 4.99. The Morgan fingerprint density at radius 3 is 2.68 bits per heavy atom. The molecule has 0 radical (unpaired) electrons. The molecule has 4 rings (SSSR count). The summed E-state index contributed by atoms with van der Waals surface area (Å²) in [5.74, 6) is 2.34. The summed E-state index contributed by atoms with van der Waals surface area (Å²) in [6.07, 6.45) is 2.54. The van der Waals surface area contributed by atoms with Crippen LogP contribution in [0, 0.1) is 0 Å². The largest absolute Gasteiger partial charge is 0.494 e. The van der Waals surface area contributed by atoms with E-state index in [-0.39, 0.29) is 30.5 Å². The first-order chi connectivity index (χ1) is 16.4. The summed E-state index contributed by atoms with van der Waals surface area (Å²) < 4.78 is 23.6. The number of nitrogens with zero attached hydrogens (tertiary/aromatic N) is 2. The van der Waals surface area contributed by atoms with E-state index in [4.69, 9.17) is 18.9 Å². The number of aryl methyl sites for hydroxylation is 1. The zero-order valence-corrected chi connectivity index (χ0v) is 19.8. The van der Waals surface area contributed by atoms with Crippen LogP contribution >= 0.6 is 0 Å². The van der Waals surface area contributed by atoms with Gasteiger partial charge in [0.1, 0.15) is 17.6 Å². The number of rotatable bonds is 9. The maximum atomic E-state index is 12.9. The Bertz CT molecular complexity index is 1270. The van der Waals surface area contributed by atoms with Crippen molar-refractivity contribution >= 4 is 16.8 Å². The van der Waals surface area contributed by atoms with Gasteiger partial charge in [0, 0.05) is 43.1 Å². The van der Waals surface area contributed by atoms with Crippen LogP contribution in [0.4, 0.5) is 0 Å². The highest BCUT2D eigenvalue weighted by Crippen LogP contribution is 2.35. The van der Waals surface area contributed by atoms with Gasteiger partial charge < -0.3 is 24.3 Å². The minimum atomic E-state index is -0.248. The van der Waals surface area contributed by atoms with Crippen molar-refractivity contribution in [1.29, 1.82) is 0 Å². The molecule has 34 heavy (non-hydrogen) atoms. The van der Waals surface area contributed by atoms with E-state index in [1.807, 2.05) is 26.0 Å². The fourth-order valence-corrected chi connectivity index (χ4v) is 4.06. The molecule has 3 aromatic rings. The molecule has 0 saturated carbocycles. The van der Waals surface area contributed by atoms with Gasteiger partial charge in [0.25, 0.3) is 5.56 Å². The van der Waals surface area contributed by atoms with Crippen LogP contribution in [0.25, 0.3) is 10.9 Å². The number of carbonyl (C=O) groups is 1. The van der Waals surface area contributed by atoms with Crippen molar-refractivity contribution < 1.29 is 23.7 Å². The average Bonchev–Trinajstić information content (AvgIpc) is 3.20. The van der Waals surface area contributed by atoms with Gasteiger partial charge in [-0.3, -0.25) is 14.2 Å². The van der Waals surface area contributed by atoms with Crippen molar-refractivity contribution in [1.82, 2.24) is 14.9 Å². The van der Waals surface area contributed by atoms with Crippen LogP contribution in [-0.2, 0) is 24.3 Å². The van der Waals surface area contributed by atoms with E-state index in [2.05, 4.69) is 10.3 Å². The molecule has 1 unspecified atom stereocenters. The fraction of sp³-hybridized carbons (Fsp3) is 0.400. The van der Waals surface area contributed by atoms with E-state index in [9.17, 15) is 9.59 Å². The normalized spacial score (nSPS) is 14.4. The SMILES string of the molecule is CCOc1cc2c(cc1CNC(=O)CCn1cnc3cc(OC)c(OC)cc3c1=O)OC(C)C2. The first-order valence-corrected chi connectivity index (χ1v) is 11.3. The van der Waals surface area contributed by atoms with Crippen LogP contribution in [-0.4, -0.2) is 42.4 Å². The summed E-state index contributed by atoms with van der Waals surface area (Å²) in [5, 5.41) is 3.31. The first-order valence-electron chi connectivity index (χ1n) is 11.3. The molecule has 0 spiro atoms. The molecule has 9 heteroatoms. The molecule has 0 saturated heterocycles. The smallest absolute Gasteiger partial charge is 0.261 e. The van der Waals surface area contributed by atoms with Gasteiger partial charge >= 0.3 is 0 Å². The number of fused-ring (bicyclic) bond motifs is 2. The number of amides is 1. The molecule has 1 aliphatic rings. The number of hydrogen-bond acceptors (Lipinski definition) is 7. The van der Waals surface area contributed by atoms with Crippen LogP contribution in [0.1, 0.15) is 31.4 Å². The van der Waals surface area contributed by atoms with Crippen molar-refractivity contribution in [3.05, 3.63) is 52.1 Å². The van der Waals surface area contributed by atoms with E-state index in [1.54, 1.807) is 12.1 Å². The average molecular weight is 468 g/mol. The molecule has 2 aromatic carbocycles. The summed E-state index contributed by atoms with van der Waals surface area (Å²) in [4.78, 5) is 29.8. The third-order valence-electron chi connectivity index (χ3n) is 5.76. The highest BCUT2D eigenvalue weighted by molar-refractivity contribution is 5.81. The van der Waals surface area contributed by atoms with E-state index < -0.39 is 0 Å². The summed E-state index contributed by atoms with van der Waals surface area (Å²) in [5.41, 5.74) is 2.22. The van der Waals surface area contributed by atoms with E-state index in [0.29, 0.717) is 35.6 Å². The zero-order valence-electron chi connectivity index (χ0n) is 19.8. The molecule has 0 bridgehead atoms. The number of benzene rings is 2. The Morgan fingerprint density at radius 2 is 1.94 bits per heavy atom. The molecular weight excluding hydrogens is 438 g/mol. The van der Waals surface area contributed by atoms with Crippen LogP contribution in [0.15, 0.2) is 35.4 Å². The third-order valence-corrected chi connectivity index (χ3v) is 5.76. The molecule has 9 nitrogen and oxygen atoms in total. The Kier molecular flexibility index (Phi) is 6.90. The Balaban J connectivity index is 1.43. The summed E-state index contributed by atoms with van der Waals surface area (Å²) >= 11 is 0. The van der Waals surface area contributed by atoms with Crippen molar-refractivity contribution in [2.75, 3.05) is 20.8 Å². The summed E-state index contributed by atoms with van der Waals surface area (Å²) in [7, 11) is 3.03. The van der Waals surface area contributed by atoms with Gasteiger partial charge in [-0.2, -0.15) is 0 Å². The molecular formula is C25H29N3O6. The quantitative estimate of drug-likeness (QED) is 0.516. The second kappa shape index (κ2) is 10.0. The lowest BCUT2D eigenvalue weighted by Gasteiger charge is -2.14. The predicted molar refractivity (Wildman–Crippen MR) is 127 cm³/mol. The van der Waals surface area contributed by atoms with Crippen LogP contribution in [0.2, 0.25) is 0 Å². The molecule has 180 valence electrons. The molecule has 0 aliphatic carbocycles. The maximum Gasteiger partial charge on any atom is 0.261 e. The number of ether oxygens (including phenoxy) is 4. The Hall–Kier alpha value is -3.75. The van der Waals surface area contributed by atoms with E-state index in [0.717, 1.165) is 29.0 Å². The molecule has 1 aliphatic heterocycles. The van der Waals surface area contributed by atoms with Crippen LogP contribution in [0.3, 0.4) is 0 Å². The second-order valence-corrected chi connectivity index (χ2v) is 8.13. The van der Waals surface area contributed by atoms with Gasteiger partial charge in [-0.05, 0) is 32.0 Å². The molecule has 1 aromatic heterocycles. The highest BCUT2D eigenvalue weighted by atomic mass is 16.5. The molecule has 1 atom stereocenters. The van der Waals surface area contributed by atoms with Crippen LogP contribution in [0.5, 0.6) is 23.0 Å².